The average molecular weight is 213 g/mol. The summed E-state index contributed by atoms with van der Waals surface area (Å²) in [4.78, 5) is 8.65. The van der Waals surface area contributed by atoms with Crippen molar-refractivity contribution in [3.8, 4) is 0 Å². The number of rotatable bonds is 3. The molecule has 0 saturated heterocycles. The summed E-state index contributed by atoms with van der Waals surface area (Å²) >= 11 is 0. The molecule has 2 rings (SSSR count). The van der Waals surface area contributed by atoms with E-state index in [2.05, 4.69) is 23.0 Å². The lowest BCUT2D eigenvalue weighted by Crippen LogP contribution is -1.97. The first-order chi connectivity index (χ1) is 7.78. The van der Waals surface area contributed by atoms with E-state index in [4.69, 9.17) is 5.73 Å². The highest BCUT2D eigenvalue weighted by molar-refractivity contribution is 5.38. The van der Waals surface area contributed by atoms with Gasteiger partial charge in [0.2, 0.25) is 0 Å². The minimum absolute atomic E-state index is 0.731. The van der Waals surface area contributed by atoms with Crippen molar-refractivity contribution in [2.45, 2.75) is 19.8 Å². The zero-order valence-electron chi connectivity index (χ0n) is 9.35. The third-order valence-corrected chi connectivity index (χ3v) is 2.50. The highest BCUT2D eigenvalue weighted by Crippen LogP contribution is 2.09. The molecular formula is C13H15N3. The van der Waals surface area contributed by atoms with E-state index in [1.54, 1.807) is 12.3 Å². The number of nitrogen functional groups attached to an aromatic ring is 1. The lowest BCUT2D eigenvalue weighted by atomic mass is 10.1. The van der Waals surface area contributed by atoms with E-state index in [1.807, 2.05) is 18.3 Å². The predicted molar refractivity (Wildman–Crippen MR) is 65.1 cm³/mol. The molecule has 3 heteroatoms. The first-order valence-corrected chi connectivity index (χ1v) is 5.42. The molecule has 0 aliphatic heterocycles. The molecule has 2 heterocycles. The van der Waals surface area contributed by atoms with Crippen LogP contribution in [0.1, 0.15) is 23.9 Å². The van der Waals surface area contributed by atoms with Crippen LogP contribution in [-0.4, -0.2) is 9.97 Å². The van der Waals surface area contributed by atoms with Crippen LogP contribution in [0.4, 0.5) is 5.69 Å². The molecule has 0 aliphatic carbocycles. The van der Waals surface area contributed by atoms with E-state index < -0.39 is 0 Å². The van der Waals surface area contributed by atoms with Crippen LogP contribution >= 0.6 is 0 Å². The van der Waals surface area contributed by atoms with Crippen molar-refractivity contribution in [3.63, 3.8) is 0 Å². The standard InChI is InChI=1S/C13H15N3/c1-2-10-3-4-12(16-9-10)8-13-7-11(14)5-6-15-13/h3-7,9H,2,8H2,1H3,(H2,14,15). The Morgan fingerprint density at radius 3 is 2.62 bits per heavy atom. The highest BCUT2D eigenvalue weighted by atomic mass is 14.7. The molecule has 0 bridgehead atoms. The second-order valence-corrected chi connectivity index (χ2v) is 3.77. The van der Waals surface area contributed by atoms with Crippen LogP contribution in [0.25, 0.3) is 0 Å². The monoisotopic (exact) mass is 213 g/mol. The molecule has 0 fully saturated rings. The van der Waals surface area contributed by atoms with Gasteiger partial charge in [-0.25, -0.2) is 0 Å². The summed E-state index contributed by atoms with van der Waals surface area (Å²) in [7, 11) is 0. The van der Waals surface area contributed by atoms with Crippen LogP contribution in [-0.2, 0) is 12.8 Å². The van der Waals surface area contributed by atoms with E-state index in [9.17, 15) is 0 Å². The Morgan fingerprint density at radius 2 is 2.00 bits per heavy atom. The Bertz CT molecular complexity index is 463. The molecule has 2 aromatic heterocycles. The van der Waals surface area contributed by atoms with Crippen LogP contribution in [0.2, 0.25) is 0 Å². The maximum Gasteiger partial charge on any atom is 0.0483 e. The van der Waals surface area contributed by atoms with Gasteiger partial charge in [-0.15, -0.1) is 0 Å². The lowest BCUT2D eigenvalue weighted by Gasteiger charge is -2.02. The van der Waals surface area contributed by atoms with Gasteiger partial charge in [-0.1, -0.05) is 13.0 Å². The van der Waals surface area contributed by atoms with Crippen molar-refractivity contribution in [1.82, 2.24) is 9.97 Å². The first kappa shape index (κ1) is 10.6. The van der Waals surface area contributed by atoms with E-state index in [-0.39, 0.29) is 0 Å². The third-order valence-electron chi connectivity index (χ3n) is 2.50. The van der Waals surface area contributed by atoms with Gasteiger partial charge in [-0.3, -0.25) is 9.97 Å². The van der Waals surface area contributed by atoms with Gasteiger partial charge in [0.05, 0.1) is 0 Å². The highest BCUT2D eigenvalue weighted by Gasteiger charge is 1.99. The molecule has 0 spiro atoms. The van der Waals surface area contributed by atoms with Crippen molar-refractivity contribution in [2.75, 3.05) is 5.73 Å². The molecule has 16 heavy (non-hydrogen) atoms. The quantitative estimate of drug-likeness (QED) is 0.850. The number of nitrogens with two attached hydrogens (primary N) is 1. The summed E-state index contributed by atoms with van der Waals surface area (Å²) in [5.41, 5.74) is 9.68. The normalized spacial score (nSPS) is 10.3. The first-order valence-electron chi connectivity index (χ1n) is 5.42. The summed E-state index contributed by atoms with van der Waals surface area (Å²) in [5, 5.41) is 0. The Balaban J connectivity index is 2.14. The topological polar surface area (TPSA) is 51.8 Å². The zero-order valence-corrected chi connectivity index (χ0v) is 9.35. The number of anilines is 1. The molecule has 0 radical (unpaired) electrons. The molecule has 0 aliphatic rings. The van der Waals surface area contributed by atoms with Crippen LogP contribution in [0.3, 0.4) is 0 Å². The summed E-state index contributed by atoms with van der Waals surface area (Å²) in [5.74, 6) is 0. The van der Waals surface area contributed by atoms with Crippen molar-refractivity contribution in [1.29, 1.82) is 0 Å². The summed E-state index contributed by atoms with van der Waals surface area (Å²) < 4.78 is 0. The maximum atomic E-state index is 5.70. The number of pyridine rings is 2. The molecule has 0 saturated carbocycles. The minimum atomic E-state index is 0.731. The average Bonchev–Trinajstić information content (AvgIpc) is 2.30. The smallest absolute Gasteiger partial charge is 0.0483 e. The van der Waals surface area contributed by atoms with Crippen LogP contribution < -0.4 is 5.73 Å². The van der Waals surface area contributed by atoms with E-state index >= 15 is 0 Å². The van der Waals surface area contributed by atoms with Crippen molar-refractivity contribution < 1.29 is 0 Å². The number of nitrogens with zero attached hydrogens (tertiary/aromatic N) is 2. The van der Waals surface area contributed by atoms with Crippen molar-refractivity contribution in [3.05, 3.63) is 53.6 Å². The molecular weight excluding hydrogens is 198 g/mol. The fourth-order valence-electron chi connectivity index (χ4n) is 1.55. The van der Waals surface area contributed by atoms with Gasteiger partial charge < -0.3 is 5.73 Å². The number of hydrogen-bond acceptors (Lipinski definition) is 3. The van der Waals surface area contributed by atoms with Gasteiger partial charge in [0, 0.05) is 35.9 Å². The number of aromatic nitrogens is 2. The SMILES string of the molecule is CCc1ccc(Cc2cc(N)ccn2)nc1. The molecule has 0 aromatic carbocycles. The molecule has 3 nitrogen and oxygen atoms in total. The van der Waals surface area contributed by atoms with Crippen LogP contribution in [0, 0.1) is 0 Å². The molecule has 2 N–H and O–H groups in total. The van der Waals surface area contributed by atoms with Crippen molar-refractivity contribution in [2.24, 2.45) is 0 Å². The van der Waals surface area contributed by atoms with Crippen LogP contribution in [0.15, 0.2) is 36.7 Å². The fraction of sp³-hybridized carbons (Fsp3) is 0.231. The molecule has 2 aromatic rings. The van der Waals surface area contributed by atoms with E-state index in [0.29, 0.717) is 0 Å². The lowest BCUT2D eigenvalue weighted by molar-refractivity contribution is 0.993. The third kappa shape index (κ3) is 2.57. The summed E-state index contributed by atoms with van der Waals surface area (Å²) in [6.45, 7) is 2.12. The molecule has 0 amide bonds. The van der Waals surface area contributed by atoms with Crippen molar-refractivity contribution >= 4 is 5.69 Å². The maximum absolute atomic E-state index is 5.70. The van der Waals surface area contributed by atoms with Gasteiger partial charge in [0.15, 0.2) is 0 Å². The molecule has 0 unspecified atom stereocenters. The van der Waals surface area contributed by atoms with Crippen LogP contribution in [0.5, 0.6) is 0 Å². The Hall–Kier alpha value is -1.90. The largest absolute Gasteiger partial charge is 0.399 e. The molecule has 0 atom stereocenters. The summed E-state index contributed by atoms with van der Waals surface area (Å²) in [6, 6.07) is 7.82. The fourth-order valence-corrected chi connectivity index (χ4v) is 1.55. The number of aryl methyl sites for hydroxylation is 1. The summed E-state index contributed by atoms with van der Waals surface area (Å²) in [6.07, 6.45) is 5.39. The minimum Gasteiger partial charge on any atom is -0.399 e. The van der Waals surface area contributed by atoms with Gasteiger partial charge >= 0.3 is 0 Å². The van der Waals surface area contributed by atoms with E-state index in [0.717, 1.165) is 29.9 Å². The Labute approximate surface area is 95.4 Å². The second-order valence-electron chi connectivity index (χ2n) is 3.77. The van der Waals surface area contributed by atoms with Gasteiger partial charge in [-0.2, -0.15) is 0 Å². The Kier molecular flexibility index (Phi) is 3.15. The van der Waals surface area contributed by atoms with Gasteiger partial charge in [-0.05, 0) is 30.2 Å². The number of hydrogen-bond donors (Lipinski definition) is 1. The van der Waals surface area contributed by atoms with Gasteiger partial charge in [0.1, 0.15) is 0 Å². The van der Waals surface area contributed by atoms with Gasteiger partial charge in [0.25, 0.3) is 0 Å². The predicted octanol–water partition coefficient (Wildman–Crippen LogP) is 2.21. The molecule has 82 valence electrons. The second kappa shape index (κ2) is 4.75. The van der Waals surface area contributed by atoms with E-state index in [1.165, 1.54) is 5.56 Å². The Morgan fingerprint density at radius 1 is 1.12 bits per heavy atom. The zero-order chi connectivity index (χ0) is 11.4.